The Morgan fingerprint density at radius 2 is 0.920 bits per heavy atom. The molecule has 50 heavy (non-hydrogen) atoms. The maximum absolute atomic E-state index is 10.4. The van der Waals surface area contributed by atoms with Gasteiger partial charge < -0.3 is 9.13 Å². The van der Waals surface area contributed by atoms with E-state index in [0.717, 1.165) is 66.5 Å². The predicted octanol–water partition coefficient (Wildman–Crippen LogP) is 10.8. The van der Waals surface area contributed by atoms with Crippen LogP contribution in [0.15, 0.2) is 152 Å². The van der Waals surface area contributed by atoms with E-state index in [2.05, 4.69) is 118 Å². The summed E-state index contributed by atoms with van der Waals surface area (Å²) < 4.78 is 4.46. The number of nitriles is 3. The minimum absolute atomic E-state index is 0.560. The van der Waals surface area contributed by atoms with Gasteiger partial charge in [-0.2, -0.15) is 15.8 Å². The monoisotopic (exact) mass is 635 g/mol. The van der Waals surface area contributed by atoms with Gasteiger partial charge in [0, 0.05) is 32.8 Å². The molecular formula is C45H25N5. The van der Waals surface area contributed by atoms with Gasteiger partial charge in [-0.3, -0.25) is 0 Å². The lowest BCUT2D eigenvalue weighted by molar-refractivity contribution is 1.18. The second-order valence-electron chi connectivity index (χ2n) is 12.3. The minimum atomic E-state index is 0.560. The van der Waals surface area contributed by atoms with Gasteiger partial charge in [-0.25, -0.2) is 0 Å². The first-order chi connectivity index (χ1) is 24.7. The highest BCUT2D eigenvalue weighted by Gasteiger charge is 2.18. The van der Waals surface area contributed by atoms with Crippen LogP contribution in [0.3, 0.4) is 0 Å². The quantitative estimate of drug-likeness (QED) is 0.193. The van der Waals surface area contributed by atoms with E-state index in [-0.39, 0.29) is 0 Å². The molecule has 0 saturated heterocycles. The third-order valence-electron chi connectivity index (χ3n) is 9.64. The number of hydrogen-bond acceptors (Lipinski definition) is 3. The van der Waals surface area contributed by atoms with Crippen molar-refractivity contribution in [1.82, 2.24) is 9.13 Å². The van der Waals surface area contributed by atoms with E-state index >= 15 is 0 Å². The molecule has 230 valence electrons. The molecule has 5 heteroatoms. The summed E-state index contributed by atoms with van der Waals surface area (Å²) >= 11 is 0. The Kier molecular flexibility index (Phi) is 6.56. The third kappa shape index (κ3) is 4.38. The van der Waals surface area contributed by atoms with E-state index in [4.69, 9.17) is 0 Å². The van der Waals surface area contributed by atoms with Crippen LogP contribution in [-0.2, 0) is 0 Å². The Labute approximate surface area is 287 Å². The molecule has 9 rings (SSSR count). The topological polar surface area (TPSA) is 81.2 Å². The fourth-order valence-electron chi connectivity index (χ4n) is 7.38. The number of hydrogen-bond donors (Lipinski definition) is 0. The lowest BCUT2D eigenvalue weighted by Gasteiger charge is -2.15. The SMILES string of the molecule is N#Cc1ccc2c(c1)c1cc(C#N)ccc1n2-c1ccccc1-c1ccc(-c2ccc(-n3c4ccccc4c4ccccc43)cc2)c(C#N)c1. The van der Waals surface area contributed by atoms with Crippen LogP contribution in [0, 0.1) is 34.0 Å². The van der Waals surface area contributed by atoms with Gasteiger partial charge in [0.25, 0.3) is 0 Å². The van der Waals surface area contributed by atoms with Crippen molar-refractivity contribution in [3.8, 4) is 51.8 Å². The molecule has 5 nitrogen and oxygen atoms in total. The Morgan fingerprint density at radius 3 is 1.52 bits per heavy atom. The lowest BCUT2D eigenvalue weighted by atomic mass is 9.94. The van der Waals surface area contributed by atoms with Gasteiger partial charge in [-0.15, -0.1) is 0 Å². The second-order valence-corrected chi connectivity index (χ2v) is 12.3. The summed E-state index contributed by atoms with van der Waals surface area (Å²) in [5, 5.41) is 33.9. The highest BCUT2D eigenvalue weighted by Crippen LogP contribution is 2.39. The van der Waals surface area contributed by atoms with Crippen molar-refractivity contribution >= 4 is 43.6 Å². The Morgan fingerprint density at radius 1 is 0.380 bits per heavy atom. The van der Waals surface area contributed by atoms with Gasteiger partial charge in [-0.1, -0.05) is 78.9 Å². The molecule has 0 aliphatic rings. The fourth-order valence-corrected chi connectivity index (χ4v) is 7.38. The summed E-state index contributed by atoms with van der Waals surface area (Å²) in [6.45, 7) is 0. The van der Waals surface area contributed by atoms with Crippen LogP contribution in [0.4, 0.5) is 0 Å². The smallest absolute Gasteiger partial charge is 0.0998 e. The van der Waals surface area contributed by atoms with E-state index in [0.29, 0.717) is 16.7 Å². The zero-order valence-corrected chi connectivity index (χ0v) is 26.7. The molecule has 2 aromatic heterocycles. The molecule has 0 bridgehead atoms. The largest absolute Gasteiger partial charge is 0.309 e. The highest BCUT2D eigenvalue weighted by atomic mass is 15.0. The Hall–Kier alpha value is -7.39. The van der Waals surface area contributed by atoms with Crippen molar-refractivity contribution in [2.45, 2.75) is 0 Å². The van der Waals surface area contributed by atoms with Gasteiger partial charge in [0.1, 0.15) is 0 Å². The van der Waals surface area contributed by atoms with Crippen molar-refractivity contribution in [2.24, 2.45) is 0 Å². The number of benzene rings is 7. The van der Waals surface area contributed by atoms with Crippen LogP contribution >= 0.6 is 0 Å². The molecule has 0 spiro atoms. The molecular weight excluding hydrogens is 611 g/mol. The van der Waals surface area contributed by atoms with E-state index in [1.165, 1.54) is 10.8 Å². The normalized spacial score (nSPS) is 11.1. The Bertz CT molecular complexity index is 2830. The van der Waals surface area contributed by atoms with Crippen molar-refractivity contribution in [2.75, 3.05) is 0 Å². The molecule has 0 fully saturated rings. The molecule has 0 unspecified atom stereocenters. The van der Waals surface area contributed by atoms with E-state index in [9.17, 15) is 15.8 Å². The standard InChI is InChI=1S/C45H25N5/c46-26-29-13-21-44-39(23-29)40-24-30(27-47)14-22-45(40)50(44)41-10-4-1-7-36(41)32-17-20-35(33(25-32)28-48)31-15-18-34(19-16-31)49-42-11-5-2-8-37(42)38-9-3-6-12-43(38)49/h1-25H. The van der Waals surface area contributed by atoms with Gasteiger partial charge in [0.15, 0.2) is 0 Å². The van der Waals surface area contributed by atoms with Crippen LogP contribution in [-0.4, -0.2) is 9.13 Å². The van der Waals surface area contributed by atoms with Gasteiger partial charge >= 0.3 is 0 Å². The molecule has 0 aliphatic heterocycles. The lowest BCUT2D eigenvalue weighted by Crippen LogP contribution is -1.98. The number of aromatic nitrogens is 2. The zero-order chi connectivity index (χ0) is 33.8. The zero-order valence-electron chi connectivity index (χ0n) is 26.7. The number of rotatable bonds is 4. The molecule has 0 N–H and O–H groups in total. The molecule has 0 aliphatic carbocycles. The third-order valence-corrected chi connectivity index (χ3v) is 9.64. The van der Waals surface area contributed by atoms with Crippen LogP contribution in [0.25, 0.3) is 77.2 Å². The molecule has 0 atom stereocenters. The summed E-state index contributed by atoms with van der Waals surface area (Å²) in [7, 11) is 0. The number of fused-ring (bicyclic) bond motifs is 6. The average molecular weight is 636 g/mol. The maximum atomic E-state index is 10.4. The van der Waals surface area contributed by atoms with E-state index < -0.39 is 0 Å². The molecule has 2 heterocycles. The van der Waals surface area contributed by atoms with Crippen LogP contribution in [0.5, 0.6) is 0 Å². The molecule has 9 aromatic rings. The summed E-state index contributed by atoms with van der Waals surface area (Å²) in [6, 6.07) is 57.8. The number of para-hydroxylation sites is 3. The van der Waals surface area contributed by atoms with Gasteiger partial charge in [-0.05, 0) is 89.5 Å². The van der Waals surface area contributed by atoms with Gasteiger partial charge in [0.05, 0.1) is 62.7 Å². The molecule has 0 amide bonds. The van der Waals surface area contributed by atoms with Crippen molar-refractivity contribution in [1.29, 1.82) is 15.8 Å². The van der Waals surface area contributed by atoms with Crippen LogP contribution < -0.4 is 0 Å². The first-order valence-corrected chi connectivity index (χ1v) is 16.3. The first kappa shape index (κ1) is 28.8. The van der Waals surface area contributed by atoms with Crippen LogP contribution in [0.2, 0.25) is 0 Å². The fraction of sp³-hybridized carbons (Fsp3) is 0. The maximum Gasteiger partial charge on any atom is 0.0998 e. The van der Waals surface area contributed by atoms with Crippen LogP contribution in [0.1, 0.15) is 16.7 Å². The summed E-state index contributed by atoms with van der Waals surface area (Å²) in [6.07, 6.45) is 0. The minimum Gasteiger partial charge on any atom is -0.309 e. The van der Waals surface area contributed by atoms with Crippen molar-refractivity contribution in [3.63, 3.8) is 0 Å². The molecule has 7 aromatic carbocycles. The summed E-state index contributed by atoms with van der Waals surface area (Å²) in [4.78, 5) is 0. The number of nitrogens with zero attached hydrogens (tertiary/aromatic N) is 5. The Balaban J connectivity index is 1.15. The molecule has 0 radical (unpaired) electrons. The summed E-state index contributed by atoms with van der Waals surface area (Å²) in [5.41, 5.74) is 11.6. The van der Waals surface area contributed by atoms with Gasteiger partial charge in [0.2, 0.25) is 0 Å². The first-order valence-electron chi connectivity index (χ1n) is 16.3. The average Bonchev–Trinajstić information content (AvgIpc) is 3.69. The van der Waals surface area contributed by atoms with Crippen molar-refractivity contribution in [3.05, 3.63) is 168 Å². The van der Waals surface area contributed by atoms with E-state index in [1.807, 2.05) is 60.7 Å². The highest BCUT2D eigenvalue weighted by molar-refractivity contribution is 6.11. The second kappa shape index (κ2) is 11.4. The molecule has 0 saturated carbocycles. The van der Waals surface area contributed by atoms with E-state index in [1.54, 1.807) is 0 Å². The summed E-state index contributed by atoms with van der Waals surface area (Å²) in [5.74, 6) is 0. The predicted molar refractivity (Wildman–Crippen MR) is 200 cm³/mol. The van der Waals surface area contributed by atoms with Crippen molar-refractivity contribution < 1.29 is 0 Å².